The van der Waals surface area contributed by atoms with Crippen LogP contribution in [0.15, 0.2) is 0 Å². The highest BCUT2D eigenvalue weighted by molar-refractivity contribution is 5.89. The van der Waals surface area contributed by atoms with Gasteiger partial charge in [0.2, 0.25) is 11.8 Å². The number of hydrogen-bond acceptors (Lipinski definition) is 3. The van der Waals surface area contributed by atoms with E-state index in [-0.39, 0.29) is 24.4 Å². The van der Waals surface area contributed by atoms with Crippen molar-refractivity contribution in [3.8, 4) is 6.07 Å². The normalized spacial score (nSPS) is 11.0. The molecule has 0 atom stereocenters. The van der Waals surface area contributed by atoms with Crippen molar-refractivity contribution in [1.29, 1.82) is 5.26 Å². The van der Waals surface area contributed by atoms with Crippen LogP contribution in [-0.4, -0.2) is 35.8 Å². The zero-order valence-electron chi connectivity index (χ0n) is 12.6. The molecule has 19 heavy (non-hydrogen) atoms. The number of nitrogens with zero attached hydrogens (tertiary/aromatic N) is 2. The summed E-state index contributed by atoms with van der Waals surface area (Å²) in [4.78, 5) is 25.6. The largest absolute Gasteiger partial charge is 0.352 e. The summed E-state index contributed by atoms with van der Waals surface area (Å²) in [5.41, 5.74) is -1.01. The summed E-state index contributed by atoms with van der Waals surface area (Å²) in [5.74, 6) is -0.439. The number of rotatable bonds is 7. The highest BCUT2D eigenvalue weighted by Gasteiger charge is 2.38. The van der Waals surface area contributed by atoms with Gasteiger partial charge in [0.1, 0.15) is 5.41 Å². The van der Waals surface area contributed by atoms with Crippen LogP contribution >= 0.6 is 0 Å². The van der Waals surface area contributed by atoms with Crippen molar-refractivity contribution in [2.45, 2.75) is 53.5 Å². The van der Waals surface area contributed by atoms with E-state index < -0.39 is 5.41 Å². The van der Waals surface area contributed by atoms with Crippen LogP contribution in [-0.2, 0) is 9.59 Å². The quantitative estimate of drug-likeness (QED) is 0.763. The van der Waals surface area contributed by atoms with Gasteiger partial charge in [-0.05, 0) is 33.6 Å². The Balaban J connectivity index is 4.91. The number of amides is 2. The number of hydrogen-bond donors (Lipinski definition) is 1. The lowest BCUT2D eigenvalue weighted by molar-refractivity contribution is -0.142. The van der Waals surface area contributed by atoms with Crippen molar-refractivity contribution in [2.75, 3.05) is 13.1 Å². The molecule has 1 N–H and O–H groups in total. The van der Waals surface area contributed by atoms with Gasteiger partial charge in [0.25, 0.3) is 0 Å². The van der Waals surface area contributed by atoms with Gasteiger partial charge in [0.05, 0.1) is 12.6 Å². The first-order valence-electron chi connectivity index (χ1n) is 6.86. The lowest BCUT2D eigenvalue weighted by Gasteiger charge is -2.30. The molecule has 0 aliphatic rings. The fourth-order valence-corrected chi connectivity index (χ4v) is 1.93. The maximum Gasteiger partial charge on any atom is 0.243 e. The molecule has 0 aliphatic carbocycles. The Labute approximate surface area is 116 Å². The summed E-state index contributed by atoms with van der Waals surface area (Å²) in [6.07, 6.45) is 0.919. The van der Waals surface area contributed by atoms with Crippen LogP contribution in [0.4, 0.5) is 0 Å². The molecule has 2 amide bonds. The monoisotopic (exact) mass is 267 g/mol. The smallest absolute Gasteiger partial charge is 0.243 e. The Morgan fingerprint density at radius 1 is 1.26 bits per heavy atom. The maximum atomic E-state index is 12.4. The fourth-order valence-electron chi connectivity index (χ4n) is 1.93. The number of nitrogens with one attached hydrogen (secondary N) is 1. The zero-order valence-corrected chi connectivity index (χ0v) is 12.6. The van der Waals surface area contributed by atoms with Gasteiger partial charge >= 0.3 is 0 Å². The summed E-state index contributed by atoms with van der Waals surface area (Å²) in [6.45, 7) is 9.64. The lowest BCUT2D eigenvalue weighted by Crippen LogP contribution is -2.48. The standard InChI is InChI=1S/C14H25N3O2/c1-6-14(7-2,10-15)13(19)17(8-3)9-12(18)16-11(4)5/h11H,6-9H2,1-5H3,(H,16,18). The predicted molar refractivity (Wildman–Crippen MR) is 74.2 cm³/mol. The number of carbonyl (C=O) groups is 2. The minimum atomic E-state index is -1.01. The molecule has 0 fully saturated rings. The molecule has 0 aromatic carbocycles. The van der Waals surface area contributed by atoms with Crippen LogP contribution in [0.1, 0.15) is 47.5 Å². The average molecular weight is 267 g/mol. The lowest BCUT2D eigenvalue weighted by atomic mass is 9.82. The van der Waals surface area contributed by atoms with Crippen LogP contribution in [0.5, 0.6) is 0 Å². The molecule has 0 unspecified atom stereocenters. The van der Waals surface area contributed by atoms with Gasteiger partial charge in [0, 0.05) is 12.6 Å². The van der Waals surface area contributed by atoms with Crippen LogP contribution < -0.4 is 5.32 Å². The van der Waals surface area contributed by atoms with Crippen molar-refractivity contribution in [3.63, 3.8) is 0 Å². The van der Waals surface area contributed by atoms with E-state index in [1.807, 2.05) is 34.6 Å². The molecule has 0 aromatic rings. The number of nitriles is 1. The SMILES string of the molecule is CCN(CC(=O)NC(C)C)C(=O)C(C#N)(CC)CC. The van der Waals surface area contributed by atoms with Gasteiger partial charge in [-0.15, -0.1) is 0 Å². The van der Waals surface area contributed by atoms with Crippen molar-refractivity contribution >= 4 is 11.8 Å². The van der Waals surface area contributed by atoms with Gasteiger partial charge in [-0.2, -0.15) is 5.26 Å². The summed E-state index contributed by atoms with van der Waals surface area (Å²) >= 11 is 0. The van der Waals surface area contributed by atoms with Crippen molar-refractivity contribution in [1.82, 2.24) is 10.2 Å². The summed E-state index contributed by atoms with van der Waals surface area (Å²) < 4.78 is 0. The van der Waals surface area contributed by atoms with E-state index in [2.05, 4.69) is 11.4 Å². The summed E-state index contributed by atoms with van der Waals surface area (Å²) in [5, 5.41) is 12.0. The molecule has 0 rings (SSSR count). The first-order chi connectivity index (χ1) is 8.86. The first-order valence-corrected chi connectivity index (χ1v) is 6.86. The van der Waals surface area contributed by atoms with E-state index in [4.69, 9.17) is 0 Å². The minimum absolute atomic E-state index is 0.0109. The Morgan fingerprint density at radius 3 is 2.11 bits per heavy atom. The second kappa shape index (κ2) is 7.78. The van der Waals surface area contributed by atoms with E-state index in [0.717, 1.165) is 0 Å². The number of carbonyl (C=O) groups excluding carboxylic acids is 2. The second-order valence-electron chi connectivity index (χ2n) is 4.94. The molecule has 0 radical (unpaired) electrons. The first kappa shape index (κ1) is 17.4. The Morgan fingerprint density at radius 2 is 1.79 bits per heavy atom. The van der Waals surface area contributed by atoms with Crippen LogP contribution in [0.25, 0.3) is 0 Å². The van der Waals surface area contributed by atoms with Gasteiger partial charge in [0.15, 0.2) is 0 Å². The molecule has 0 saturated carbocycles. The minimum Gasteiger partial charge on any atom is -0.352 e. The molecule has 0 aliphatic heterocycles. The van der Waals surface area contributed by atoms with E-state index in [0.29, 0.717) is 19.4 Å². The zero-order chi connectivity index (χ0) is 15.1. The molecule has 108 valence electrons. The Bertz CT molecular complexity index is 354. The van der Waals surface area contributed by atoms with E-state index in [1.54, 1.807) is 0 Å². The van der Waals surface area contributed by atoms with Crippen molar-refractivity contribution < 1.29 is 9.59 Å². The third kappa shape index (κ3) is 4.55. The van der Waals surface area contributed by atoms with Gasteiger partial charge < -0.3 is 10.2 Å². The molecular weight excluding hydrogens is 242 g/mol. The van der Waals surface area contributed by atoms with Gasteiger partial charge in [-0.25, -0.2) is 0 Å². The van der Waals surface area contributed by atoms with Gasteiger partial charge in [-0.3, -0.25) is 9.59 Å². The maximum absolute atomic E-state index is 12.4. The molecule has 0 saturated heterocycles. The van der Waals surface area contributed by atoms with Crippen LogP contribution in [0.2, 0.25) is 0 Å². The molecule has 5 nitrogen and oxygen atoms in total. The fraction of sp³-hybridized carbons (Fsp3) is 0.786. The van der Waals surface area contributed by atoms with E-state index >= 15 is 0 Å². The molecule has 5 heteroatoms. The third-order valence-corrected chi connectivity index (χ3v) is 3.28. The highest BCUT2D eigenvalue weighted by Crippen LogP contribution is 2.27. The predicted octanol–water partition coefficient (Wildman–Crippen LogP) is 1.69. The van der Waals surface area contributed by atoms with Crippen molar-refractivity contribution in [3.05, 3.63) is 0 Å². The Hall–Kier alpha value is -1.57. The number of likely N-dealkylation sites (N-methyl/N-ethyl adjacent to an activating group) is 1. The average Bonchev–Trinajstić information content (AvgIpc) is 2.37. The molecule has 0 aromatic heterocycles. The summed E-state index contributed by atoms with van der Waals surface area (Å²) in [7, 11) is 0. The second-order valence-corrected chi connectivity index (χ2v) is 4.94. The van der Waals surface area contributed by atoms with E-state index in [9.17, 15) is 14.9 Å². The topological polar surface area (TPSA) is 73.2 Å². The highest BCUT2D eigenvalue weighted by atomic mass is 16.2. The molecule has 0 spiro atoms. The molecular formula is C14H25N3O2. The van der Waals surface area contributed by atoms with Crippen LogP contribution in [0, 0.1) is 16.7 Å². The third-order valence-electron chi connectivity index (χ3n) is 3.28. The van der Waals surface area contributed by atoms with Gasteiger partial charge in [-0.1, -0.05) is 13.8 Å². The van der Waals surface area contributed by atoms with E-state index in [1.165, 1.54) is 4.90 Å². The summed E-state index contributed by atoms with van der Waals surface area (Å²) in [6, 6.07) is 2.16. The molecule has 0 heterocycles. The van der Waals surface area contributed by atoms with Crippen LogP contribution in [0.3, 0.4) is 0 Å². The van der Waals surface area contributed by atoms with Crippen molar-refractivity contribution in [2.24, 2.45) is 5.41 Å². The molecule has 0 bridgehead atoms. The Kier molecular flexibility index (Phi) is 7.13.